The van der Waals surface area contributed by atoms with Gasteiger partial charge in [0.15, 0.2) is 28.7 Å². The summed E-state index contributed by atoms with van der Waals surface area (Å²) in [4.78, 5) is 16.6. The standard InChI is InChI=1S/C21H21NO6/c1-5-27-17-8-6-13(11-18(17)25-3)10-15-21(23)28-20(22-15)14-7-9-16(24-2)19(12-14)26-4/h6-12H,5H2,1-4H3/b15-10-. The number of carbonyl (C=O) groups excluding carboxylic acids is 1. The molecule has 0 spiro atoms. The van der Waals surface area contributed by atoms with Crippen molar-refractivity contribution in [1.82, 2.24) is 0 Å². The Balaban J connectivity index is 1.91. The smallest absolute Gasteiger partial charge is 0.363 e. The first-order valence-corrected chi connectivity index (χ1v) is 8.65. The van der Waals surface area contributed by atoms with Gasteiger partial charge in [-0.1, -0.05) is 6.07 Å². The van der Waals surface area contributed by atoms with E-state index >= 15 is 0 Å². The van der Waals surface area contributed by atoms with Crippen molar-refractivity contribution in [2.75, 3.05) is 27.9 Å². The average Bonchev–Trinajstić information content (AvgIpc) is 3.09. The van der Waals surface area contributed by atoms with Gasteiger partial charge in [0, 0.05) is 5.56 Å². The summed E-state index contributed by atoms with van der Waals surface area (Å²) in [7, 11) is 4.65. The molecule has 0 aromatic heterocycles. The number of esters is 1. The molecule has 1 aliphatic rings. The van der Waals surface area contributed by atoms with Crippen molar-refractivity contribution < 1.29 is 28.5 Å². The Hall–Kier alpha value is -3.48. The fourth-order valence-corrected chi connectivity index (χ4v) is 2.71. The first-order valence-electron chi connectivity index (χ1n) is 8.65. The van der Waals surface area contributed by atoms with Crippen molar-refractivity contribution in [1.29, 1.82) is 0 Å². The highest BCUT2D eigenvalue weighted by Gasteiger charge is 2.25. The molecule has 0 saturated carbocycles. The molecule has 1 heterocycles. The third kappa shape index (κ3) is 3.93. The van der Waals surface area contributed by atoms with Gasteiger partial charge in [0.2, 0.25) is 5.90 Å². The van der Waals surface area contributed by atoms with Crippen molar-refractivity contribution in [3.63, 3.8) is 0 Å². The van der Waals surface area contributed by atoms with E-state index in [-0.39, 0.29) is 11.6 Å². The summed E-state index contributed by atoms with van der Waals surface area (Å²) in [6.45, 7) is 2.43. The van der Waals surface area contributed by atoms with Gasteiger partial charge < -0.3 is 23.7 Å². The number of cyclic esters (lactones) is 1. The number of methoxy groups -OCH3 is 3. The zero-order valence-electron chi connectivity index (χ0n) is 16.1. The van der Waals surface area contributed by atoms with E-state index in [0.29, 0.717) is 35.2 Å². The first kappa shape index (κ1) is 19.3. The lowest BCUT2D eigenvalue weighted by Crippen LogP contribution is -2.06. The predicted molar refractivity (Wildman–Crippen MR) is 104 cm³/mol. The van der Waals surface area contributed by atoms with Gasteiger partial charge in [-0.05, 0) is 48.9 Å². The van der Waals surface area contributed by atoms with Gasteiger partial charge in [-0.25, -0.2) is 9.79 Å². The molecule has 3 rings (SSSR count). The lowest BCUT2D eigenvalue weighted by atomic mass is 10.1. The second kappa shape index (κ2) is 8.47. The summed E-state index contributed by atoms with van der Waals surface area (Å²) in [5.74, 6) is 1.98. The topological polar surface area (TPSA) is 75.6 Å². The van der Waals surface area contributed by atoms with Crippen LogP contribution < -0.4 is 18.9 Å². The molecule has 146 valence electrons. The van der Waals surface area contributed by atoms with Gasteiger partial charge in [0.25, 0.3) is 0 Å². The molecule has 2 aromatic carbocycles. The van der Waals surface area contributed by atoms with E-state index in [0.717, 1.165) is 5.56 Å². The number of ether oxygens (including phenoxy) is 5. The minimum Gasteiger partial charge on any atom is -0.493 e. The van der Waals surface area contributed by atoms with Crippen LogP contribution in [0, 0.1) is 0 Å². The van der Waals surface area contributed by atoms with E-state index in [4.69, 9.17) is 23.7 Å². The molecule has 0 fully saturated rings. The zero-order valence-corrected chi connectivity index (χ0v) is 16.1. The van der Waals surface area contributed by atoms with E-state index in [9.17, 15) is 4.79 Å². The van der Waals surface area contributed by atoms with Crippen LogP contribution >= 0.6 is 0 Å². The molecule has 0 bridgehead atoms. The molecule has 0 unspecified atom stereocenters. The minimum absolute atomic E-state index is 0.191. The molecule has 2 aromatic rings. The lowest BCUT2D eigenvalue weighted by molar-refractivity contribution is -0.129. The highest BCUT2D eigenvalue weighted by molar-refractivity contribution is 6.13. The summed E-state index contributed by atoms with van der Waals surface area (Å²) in [6.07, 6.45) is 1.63. The molecule has 7 nitrogen and oxygen atoms in total. The van der Waals surface area contributed by atoms with Crippen molar-refractivity contribution >= 4 is 17.9 Å². The Bertz CT molecular complexity index is 948. The third-order valence-electron chi connectivity index (χ3n) is 4.04. The minimum atomic E-state index is -0.530. The van der Waals surface area contributed by atoms with Crippen molar-refractivity contribution in [3.05, 3.63) is 53.2 Å². The Kier molecular flexibility index (Phi) is 5.84. The molecule has 0 N–H and O–H groups in total. The van der Waals surface area contributed by atoms with E-state index < -0.39 is 5.97 Å². The van der Waals surface area contributed by atoms with Crippen LogP contribution in [0.4, 0.5) is 0 Å². The zero-order chi connectivity index (χ0) is 20.1. The number of rotatable bonds is 7. The summed E-state index contributed by atoms with van der Waals surface area (Å²) in [6, 6.07) is 10.6. The number of benzene rings is 2. The number of hydrogen-bond acceptors (Lipinski definition) is 7. The maximum Gasteiger partial charge on any atom is 0.363 e. The molecule has 0 saturated heterocycles. The Morgan fingerprint density at radius 2 is 1.61 bits per heavy atom. The molecule has 0 radical (unpaired) electrons. The molecular weight excluding hydrogens is 362 g/mol. The van der Waals surface area contributed by atoms with Gasteiger partial charge in [-0.2, -0.15) is 0 Å². The Morgan fingerprint density at radius 1 is 0.929 bits per heavy atom. The van der Waals surface area contributed by atoms with Gasteiger partial charge >= 0.3 is 5.97 Å². The van der Waals surface area contributed by atoms with Crippen molar-refractivity contribution in [3.8, 4) is 23.0 Å². The predicted octanol–water partition coefficient (Wildman–Crippen LogP) is 3.46. The van der Waals surface area contributed by atoms with Crippen LogP contribution in [0.2, 0.25) is 0 Å². The van der Waals surface area contributed by atoms with Crippen LogP contribution in [0.25, 0.3) is 6.08 Å². The summed E-state index contributed by atoms with van der Waals surface area (Å²) in [5.41, 5.74) is 1.54. The molecule has 0 atom stereocenters. The quantitative estimate of drug-likeness (QED) is 0.538. The van der Waals surface area contributed by atoms with Crippen LogP contribution in [-0.4, -0.2) is 39.8 Å². The van der Waals surface area contributed by atoms with Gasteiger partial charge in [-0.15, -0.1) is 0 Å². The van der Waals surface area contributed by atoms with E-state index in [1.807, 2.05) is 13.0 Å². The lowest BCUT2D eigenvalue weighted by Gasteiger charge is -2.09. The van der Waals surface area contributed by atoms with Crippen LogP contribution in [0.5, 0.6) is 23.0 Å². The SMILES string of the molecule is CCOc1ccc(/C=C2\N=C(c3ccc(OC)c(OC)c3)OC2=O)cc1OC. The molecule has 0 amide bonds. The highest BCUT2D eigenvalue weighted by Crippen LogP contribution is 2.31. The highest BCUT2D eigenvalue weighted by atomic mass is 16.6. The fraction of sp³-hybridized carbons (Fsp3) is 0.238. The Morgan fingerprint density at radius 3 is 2.29 bits per heavy atom. The maximum absolute atomic E-state index is 12.2. The number of nitrogens with zero attached hydrogens (tertiary/aromatic N) is 1. The monoisotopic (exact) mass is 383 g/mol. The van der Waals surface area contributed by atoms with Crippen molar-refractivity contribution in [2.45, 2.75) is 6.92 Å². The van der Waals surface area contributed by atoms with Crippen LogP contribution in [0.3, 0.4) is 0 Å². The van der Waals surface area contributed by atoms with Crippen LogP contribution in [0.1, 0.15) is 18.1 Å². The molecule has 0 aliphatic carbocycles. The maximum atomic E-state index is 12.2. The largest absolute Gasteiger partial charge is 0.493 e. The van der Waals surface area contributed by atoms with E-state index in [1.54, 1.807) is 50.6 Å². The van der Waals surface area contributed by atoms with Gasteiger partial charge in [0.1, 0.15) is 0 Å². The number of aliphatic imine (C=N–C) groups is 1. The third-order valence-corrected chi connectivity index (χ3v) is 4.04. The normalized spacial score (nSPS) is 14.5. The van der Waals surface area contributed by atoms with Crippen LogP contribution in [0.15, 0.2) is 47.1 Å². The number of hydrogen-bond donors (Lipinski definition) is 0. The molecule has 28 heavy (non-hydrogen) atoms. The van der Waals surface area contributed by atoms with E-state index in [2.05, 4.69) is 4.99 Å². The first-order chi connectivity index (χ1) is 13.6. The van der Waals surface area contributed by atoms with Gasteiger partial charge in [-0.3, -0.25) is 0 Å². The summed E-state index contributed by atoms with van der Waals surface area (Å²) in [5, 5.41) is 0. The van der Waals surface area contributed by atoms with Crippen molar-refractivity contribution in [2.24, 2.45) is 4.99 Å². The second-order valence-electron chi connectivity index (χ2n) is 5.75. The van der Waals surface area contributed by atoms with Crippen LogP contribution in [-0.2, 0) is 9.53 Å². The summed E-state index contributed by atoms with van der Waals surface area (Å²) >= 11 is 0. The van der Waals surface area contributed by atoms with E-state index in [1.165, 1.54) is 7.11 Å². The summed E-state index contributed by atoms with van der Waals surface area (Å²) < 4.78 is 26.7. The van der Waals surface area contributed by atoms with Gasteiger partial charge in [0.05, 0.1) is 27.9 Å². The second-order valence-corrected chi connectivity index (χ2v) is 5.75. The average molecular weight is 383 g/mol. The Labute approximate surface area is 163 Å². The fourth-order valence-electron chi connectivity index (χ4n) is 2.71. The molecule has 7 heteroatoms. The molecular formula is C21H21NO6. The molecule has 1 aliphatic heterocycles. The number of carbonyl (C=O) groups is 1.